The zero-order valence-electron chi connectivity index (χ0n) is 9.82. The first-order valence-electron chi connectivity index (χ1n) is 5.81. The van der Waals surface area contributed by atoms with Gasteiger partial charge in [0.25, 0.3) is 0 Å². The molecule has 17 heavy (non-hydrogen) atoms. The van der Waals surface area contributed by atoms with E-state index in [1.165, 1.54) is 12.8 Å². The fourth-order valence-corrected chi connectivity index (χ4v) is 2.03. The third-order valence-electron chi connectivity index (χ3n) is 2.91. The predicted octanol–water partition coefficient (Wildman–Crippen LogP) is 0.906. The summed E-state index contributed by atoms with van der Waals surface area (Å²) in [5.74, 6) is 1.75. The van der Waals surface area contributed by atoms with E-state index in [1.54, 1.807) is 0 Å². The largest absolute Gasteiger partial charge is 0.480 e. The Morgan fingerprint density at radius 1 is 1.41 bits per heavy atom. The van der Waals surface area contributed by atoms with Crippen LogP contribution < -0.4 is 5.32 Å². The van der Waals surface area contributed by atoms with Crippen molar-refractivity contribution < 1.29 is 14.7 Å². The molecule has 0 aliphatic heterocycles. The number of amides is 2. The minimum atomic E-state index is -1.06. The highest BCUT2D eigenvalue weighted by atomic mass is 16.4. The van der Waals surface area contributed by atoms with Crippen LogP contribution in [0.15, 0.2) is 0 Å². The molecule has 5 heteroatoms. The Bertz CT molecular complexity index is 316. The molecule has 0 aromatic heterocycles. The van der Waals surface area contributed by atoms with E-state index in [2.05, 4.69) is 11.2 Å². The lowest BCUT2D eigenvalue weighted by Crippen LogP contribution is -2.44. The summed E-state index contributed by atoms with van der Waals surface area (Å²) in [6, 6.07) is -0.391. The van der Waals surface area contributed by atoms with Crippen molar-refractivity contribution in [3.8, 4) is 12.3 Å². The van der Waals surface area contributed by atoms with Gasteiger partial charge in [-0.25, -0.2) is 4.79 Å². The molecule has 0 unspecified atom stereocenters. The monoisotopic (exact) mass is 238 g/mol. The highest BCUT2D eigenvalue weighted by Gasteiger charge is 2.19. The number of nitrogens with one attached hydrogen (secondary N) is 1. The summed E-state index contributed by atoms with van der Waals surface area (Å²) in [4.78, 5) is 23.4. The number of carboxylic acids is 1. The Labute approximate surface area is 101 Å². The summed E-state index contributed by atoms with van der Waals surface area (Å²) < 4.78 is 0. The minimum absolute atomic E-state index is 0.0167. The van der Waals surface area contributed by atoms with Gasteiger partial charge in [0, 0.05) is 6.54 Å². The van der Waals surface area contributed by atoms with Gasteiger partial charge in [-0.05, 0) is 18.8 Å². The van der Waals surface area contributed by atoms with Crippen LogP contribution in [0.3, 0.4) is 0 Å². The first kappa shape index (κ1) is 13.4. The normalized spacial score (nSPS) is 15.2. The Balaban J connectivity index is 2.35. The van der Waals surface area contributed by atoms with Gasteiger partial charge in [0.15, 0.2) is 0 Å². The van der Waals surface area contributed by atoms with Crippen LogP contribution >= 0.6 is 0 Å². The lowest BCUT2D eigenvalue weighted by atomic mass is 10.1. The molecule has 2 amide bonds. The van der Waals surface area contributed by atoms with Crippen LogP contribution in [-0.4, -0.2) is 41.6 Å². The molecule has 0 aromatic rings. The van der Waals surface area contributed by atoms with Gasteiger partial charge in [0.1, 0.15) is 6.54 Å². The number of carbonyl (C=O) groups is 2. The zero-order chi connectivity index (χ0) is 12.7. The summed E-state index contributed by atoms with van der Waals surface area (Å²) in [6.07, 6.45) is 9.79. The van der Waals surface area contributed by atoms with Crippen LogP contribution in [0.5, 0.6) is 0 Å². The summed E-state index contributed by atoms with van der Waals surface area (Å²) in [6.45, 7) is 0.267. The number of urea groups is 1. The van der Waals surface area contributed by atoms with Crippen LogP contribution in [0.1, 0.15) is 25.7 Å². The number of terminal acetylenes is 1. The average Bonchev–Trinajstić information content (AvgIpc) is 2.77. The molecule has 94 valence electrons. The second-order valence-corrected chi connectivity index (χ2v) is 4.29. The molecule has 0 aromatic carbocycles. The van der Waals surface area contributed by atoms with Crippen molar-refractivity contribution in [2.75, 3.05) is 19.6 Å². The number of carbonyl (C=O) groups excluding carboxylic acids is 1. The van der Waals surface area contributed by atoms with Crippen molar-refractivity contribution >= 4 is 12.0 Å². The van der Waals surface area contributed by atoms with Crippen molar-refractivity contribution in [2.45, 2.75) is 25.7 Å². The Morgan fingerprint density at radius 2 is 2.06 bits per heavy atom. The van der Waals surface area contributed by atoms with E-state index in [1.807, 2.05) is 0 Å². The Morgan fingerprint density at radius 3 is 2.59 bits per heavy atom. The van der Waals surface area contributed by atoms with E-state index in [0.717, 1.165) is 17.7 Å². The maximum Gasteiger partial charge on any atom is 0.323 e. The fraction of sp³-hybridized carbons (Fsp3) is 0.667. The first-order valence-corrected chi connectivity index (χ1v) is 5.81. The van der Waals surface area contributed by atoms with Gasteiger partial charge in [-0.3, -0.25) is 4.79 Å². The van der Waals surface area contributed by atoms with Crippen molar-refractivity contribution in [2.24, 2.45) is 5.92 Å². The topological polar surface area (TPSA) is 69.6 Å². The molecule has 1 fully saturated rings. The van der Waals surface area contributed by atoms with Crippen LogP contribution in [0.25, 0.3) is 0 Å². The van der Waals surface area contributed by atoms with E-state index in [0.29, 0.717) is 12.5 Å². The van der Waals surface area contributed by atoms with E-state index in [4.69, 9.17) is 11.5 Å². The second kappa shape index (κ2) is 6.79. The number of hydrogen-bond donors (Lipinski definition) is 2. The molecular formula is C12H18N2O3. The van der Waals surface area contributed by atoms with E-state index in [9.17, 15) is 9.59 Å². The molecule has 0 radical (unpaired) electrons. The fourth-order valence-electron chi connectivity index (χ4n) is 2.03. The Kier molecular flexibility index (Phi) is 5.34. The Hall–Kier alpha value is -1.70. The van der Waals surface area contributed by atoms with Gasteiger partial charge >= 0.3 is 12.0 Å². The molecule has 2 N–H and O–H groups in total. The van der Waals surface area contributed by atoms with Crippen LogP contribution in [0, 0.1) is 18.3 Å². The summed E-state index contributed by atoms with van der Waals surface area (Å²) in [5, 5.41) is 11.4. The lowest BCUT2D eigenvalue weighted by Gasteiger charge is -2.20. The van der Waals surface area contributed by atoms with Gasteiger partial charge in [-0.1, -0.05) is 18.8 Å². The maximum atomic E-state index is 11.7. The smallest absolute Gasteiger partial charge is 0.323 e. The summed E-state index contributed by atoms with van der Waals surface area (Å²) in [7, 11) is 0. The van der Waals surface area contributed by atoms with E-state index < -0.39 is 12.0 Å². The molecule has 0 spiro atoms. The number of aliphatic carboxylic acids is 1. The number of hydrogen-bond acceptors (Lipinski definition) is 2. The molecule has 1 rings (SSSR count). The zero-order valence-corrected chi connectivity index (χ0v) is 9.82. The predicted molar refractivity (Wildman–Crippen MR) is 63.4 cm³/mol. The van der Waals surface area contributed by atoms with Crippen molar-refractivity contribution in [3.63, 3.8) is 0 Å². The average molecular weight is 238 g/mol. The maximum absolute atomic E-state index is 11.7. The van der Waals surface area contributed by atoms with Crippen molar-refractivity contribution in [1.82, 2.24) is 10.2 Å². The molecule has 0 atom stereocenters. The summed E-state index contributed by atoms with van der Waals surface area (Å²) >= 11 is 0. The van der Waals surface area contributed by atoms with Crippen LogP contribution in [0.4, 0.5) is 4.79 Å². The number of rotatable bonds is 5. The second-order valence-electron chi connectivity index (χ2n) is 4.29. The van der Waals surface area contributed by atoms with Gasteiger partial charge in [0.05, 0.1) is 6.54 Å². The van der Waals surface area contributed by atoms with E-state index >= 15 is 0 Å². The molecule has 5 nitrogen and oxygen atoms in total. The molecule has 0 bridgehead atoms. The lowest BCUT2D eigenvalue weighted by molar-refractivity contribution is -0.137. The number of carboxylic acid groups (broad SMARTS) is 1. The third-order valence-corrected chi connectivity index (χ3v) is 2.91. The standard InChI is InChI=1S/C12H18N2O3/c1-2-7-14(9-11(15)16)12(17)13-8-10-5-3-4-6-10/h1,10H,3-9H2,(H,13,17)(H,15,16). The van der Waals surface area contributed by atoms with Gasteiger partial charge in [-0.15, -0.1) is 6.42 Å². The molecule has 1 aliphatic carbocycles. The van der Waals surface area contributed by atoms with Crippen LogP contribution in [-0.2, 0) is 4.79 Å². The quantitative estimate of drug-likeness (QED) is 0.699. The molecule has 0 saturated heterocycles. The molecular weight excluding hydrogens is 220 g/mol. The van der Waals surface area contributed by atoms with Crippen molar-refractivity contribution in [1.29, 1.82) is 0 Å². The molecule has 0 heterocycles. The third kappa shape index (κ3) is 4.77. The van der Waals surface area contributed by atoms with Gasteiger partial charge in [0.2, 0.25) is 0 Å². The van der Waals surface area contributed by atoms with Crippen molar-refractivity contribution in [3.05, 3.63) is 0 Å². The van der Waals surface area contributed by atoms with Gasteiger partial charge in [-0.2, -0.15) is 0 Å². The summed E-state index contributed by atoms with van der Waals surface area (Å²) in [5.41, 5.74) is 0. The molecule has 1 saturated carbocycles. The molecule has 1 aliphatic rings. The van der Waals surface area contributed by atoms with Crippen LogP contribution in [0.2, 0.25) is 0 Å². The SMILES string of the molecule is C#CCN(CC(=O)O)C(=O)NCC1CCCC1. The number of nitrogens with zero attached hydrogens (tertiary/aromatic N) is 1. The van der Waals surface area contributed by atoms with Gasteiger partial charge < -0.3 is 15.3 Å². The first-order chi connectivity index (χ1) is 8.13. The minimum Gasteiger partial charge on any atom is -0.480 e. The highest BCUT2D eigenvalue weighted by molar-refractivity contribution is 5.80. The highest BCUT2D eigenvalue weighted by Crippen LogP contribution is 2.23. The van der Waals surface area contributed by atoms with E-state index in [-0.39, 0.29) is 13.1 Å².